The first kappa shape index (κ1) is 35.5. The molecular formula is C56H36N6. The monoisotopic (exact) mass is 792 g/mol. The Hall–Kier alpha value is -8.48. The van der Waals surface area contributed by atoms with E-state index in [0.29, 0.717) is 17.5 Å². The average molecular weight is 793 g/mol. The van der Waals surface area contributed by atoms with E-state index in [4.69, 9.17) is 20.1 Å². The van der Waals surface area contributed by atoms with E-state index in [1.165, 1.54) is 21.8 Å². The molecule has 4 aromatic heterocycles. The number of nitrogens with zero attached hydrogens (tertiary/aromatic N) is 6. The topological polar surface area (TPSA) is 60.9 Å². The molecule has 0 unspecified atom stereocenters. The van der Waals surface area contributed by atoms with E-state index >= 15 is 0 Å². The fourth-order valence-corrected chi connectivity index (χ4v) is 9.00. The molecule has 0 radical (unpaired) electrons. The lowest BCUT2D eigenvalue weighted by Gasteiger charge is -2.18. The van der Waals surface area contributed by atoms with Gasteiger partial charge in [-0.2, -0.15) is 5.10 Å². The molecule has 0 aliphatic rings. The second-order valence-corrected chi connectivity index (χ2v) is 15.5. The summed E-state index contributed by atoms with van der Waals surface area (Å²) in [6.45, 7) is 0. The van der Waals surface area contributed by atoms with Gasteiger partial charge in [0.05, 0.1) is 28.4 Å². The van der Waals surface area contributed by atoms with Crippen LogP contribution in [-0.2, 0) is 0 Å². The Morgan fingerprint density at radius 2 is 0.742 bits per heavy atom. The molecule has 0 N–H and O–H groups in total. The van der Waals surface area contributed by atoms with Crippen molar-refractivity contribution in [3.8, 4) is 73.4 Å². The molecular weight excluding hydrogens is 757 g/mol. The number of pyridine rings is 1. The summed E-state index contributed by atoms with van der Waals surface area (Å²) in [5.74, 6) is 1.84. The highest BCUT2D eigenvalue weighted by Crippen LogP contribution is 2.43. The quantitative estimate of drug-likeness (QED) is 0.161. The van der Waals surface area contributed by atoms with Gasteiger partial charge in [-0.05, 0) is 52.9 Å². The fourth-order valence-electron chi connectivity index (χ4n) is 9.00. The summed E-state index contributed by atoms with van der Waals surface area (Å²) < 4.78 is 4.45. The average Bonchev–Trinajstić information content (AvgIpc) is 3.95. The van der Waals surface area contributed by atoms with Crippen LogP contribution in [0.5, 0.6) is 0 Å². The minimum Gasteiger partial charge on any atom is -0.309 e. The van der Waals surface area contributed by atoms with E-state index in [2.05, 4.69) is 191 Å². The maximum Gasteiger partial charge on any atom is 0.164 e. The van der Waals surface area contributed by atoms with Gasteiger partial charge in [0.1, 0.15) is 0 Å². The normalized spacial score (nSPS) is 11.5. The van der Waals surface area contributed by atoms with Crippen LogP contribution in [0.4, 0.5) is 0 Å². The third kappa shape index (κ3) is 5.88. The van der Waals surface area contributed by atoms with Crippen LogP contribution in [0.15, 0.2) is 219 Å². The highest BCUT2D eigenvalue weighted by atomic mass is 15.2. The summed E-state index contributed by atoms with van der Waals surface area (Å²) >= 11 is 0. The summed E-state index contributed by atoms with van der Waals surface area (Å²) in [7, 11) is 0. The van der Waals surface area contributed by atoms with Gasteiger partial charge < -0.3 is 4.57 Å². The van der Waals surface area contributed by atoms with Crippen LogP contribution in [-0.4, -0.2) is 29.1 Å². The second kappa shape index (κ2) is 14.7. The summed E-state index contributed by atoms with van der Waals surface area (Å²) in [5, 5.41) is 9.85. The molecule has 290 valence electrons. The van der Waals surface area contributed by atoms with Crippen LogP contribution >= 0.6 is 0 Å². The highest BCUT2D eigenvalue weighted by molar-refractivity contribution is 6.13. The number of hydrogen-bond donors (Lipinski definition) is 0. The third-order valence-electron chi connectivity index (χ3n) is 11.9. The fraction of sp³-hybridized carbons (Fsp3) is 0. The summed E-state index contributed by atoms with van der Waals surface area (Å²) in [4.78, 5) is 15.3. The number of rotatable bonds is 7. The first-order valence-corrected chi connectivity index (χ1v) is 20.8. The molecule has 4 heterocycles. The molecule has 0 saturated heterocycles. The van der Waals surface area contributed by atoms with Crippen LogP contribution in [0, 0.1) is 0 Å². The van der Waals surface area contributed by atoms with Crippen molar-refractivity contribution in [2.75, 3.05) is 0 Å². The largest absolute Gasteiger partial charge is 0.309 e. The summed E-state index contributed by atoms with van der Waals surface area (Å²) in [6.07, 6.45) is 2.00. The zero-order valence-corrected chi connectivity index (χ0v) is 33.5. The van der Waals surface area contributed by atoms with Crippen LogP contribution in [0.1, 0.15) is 0 Å². The number of fused-ring (bicyclic) bond motifs is 6. The molecule has 6 nitrogen and oxygen atoms in total. The maximum atomic E-state index is 5.14. The van der Waals surface area contributed by atoms with E-state index in [0.717, 1.165) is 72.2 Å². The van der Waals surface area contributed by atoms with Gasteiger partial charge >= 0.3 is 0 Å². The molecule has 12 aromatic rings. The summed E-state index contributed by atoms with van der Waals surface area (Å²) in [5.41, 5.74) is 13.8. The Kier molecular flexibility index (Phi) is 8.38. The smallest absolute Gasteiger partial charge is 0.164 e. The lowest BCUT2D eigenvalue weighted by atomic mass is 9.92. The molecule has 6 heteroatoms. The van der Waals surface area contributed by atoms with Crippen LogP contribution < -0.4 is 0 Å². The third-order valence-corrected chi connectivity index (χ3v) is 11.9. The Morgan fingerprint density at radius 3 is 1.31 bits per heavy atom. The Balaban J connectivity index is 0.989. The van der Waals surface area contributed by atoms with E-state index in [1.807, 2.05) is 36.5 Å². The highest BCUT2D eigenvalue weighted by Gasteiger charge is 2.22. The molecule has 0 amide bonds. The van der Waals surface area contributed by atoms with Gasteiger partial charge in [0, 0.05) is 55.2 Å². The van der Waals surface area contributed by atoms with Crippen molar-refractivity contribution in [3.05, 3.63) is 219 Å². The molecule has 0 saturated carbocycles. The molecule has 0 atom stereocenters. The Labute approximate surface area is 357 Å². The van der Waals surface area contributed by atoms with Crippen molar-refractivity contribution in [1.29, 1.82) is 0 Å². The number of aromatic nitrogens is 6. The first-order chi connectivity index (χ1) is 30.8. The van der Waals surface area contributed by atoms with Crippen molar-refractivity contribution in [2.45, 2.75) is 0 Å². The zero-order chi connectivity index (χ0) is 41.0. The minimum absolute atomic E-state index is 0.607. The van der Waals surface area contributed by atoms with E-state index in [9.17, 15) is 0 Å². The van der Waals surface area contributed by atoms with Gasteiger partial charge in [0.25, 0.3) is 0 Å². The lowest BCUT2D eigenvalue weighted by molar-refractivity contribution is 0.976. The van der Waals surface area contributed by atoms with Crippen molar-refractivity contribution < 1.29 is 0 Å². The van der Waals surface area contributed by atoms with Gasteiger partial charge in [-0.3, -0.25) is 0 Å². The van der Waals surface area contributed by atoms with Gasteiger partial charge in [-0.25, -0.2) is 19.5 Å². The number of hydrogen-bond acceptors (Lipinski definition) is 4. The van der Waals surface area contributed by atoms with Crippen LogP contribution in [0.2, 0.25) is 0 Å². The predicted octanol–water partition coefficient (Wildman–Crippen LogP) is 13.8. The van der Waals surface area contributed by atoms with Crippen LogP contribution in [0.25, 0.3) is 111 Å². The second-order valence-electron chi connectivity index (χ2n) is 15.5. The van der Waals surface area contributed by atoms with E-state index < -0.39 is 0 Å². The van der Waals surface area contributed by atoms with Crippen molar-refractivity contribution >= 4 is 38.1 Å². The molecule has 0 aliphatic heterocycles. The first-order valence-electron chi connectivity index (χ1n) is 20.8. The molecule has 8 aromatic carbocycles. The van der Waals surface area contributed by atoms with E-state index in [-0.39, 0.29) is 0 Å². The molecule has 12 rings (SSSR count). The molecule has 0 spiro atoms. The van der Waals surface area contributed by atoms with Crippen LogP contribution in [0.3, 0.4) is 0 Å². The maximum absolute atomic E-state index is 5.14. The van der Waals surface area contributed by atoms with Crippen molar-refractivity contribution in [1.82, 2.24) is 29.1 Å². The van der Waals surface area contributed by atoms with Gasteiger partial charge in [0.2, 0.25) is 0 Å². The Morgan fingerprint density at radius 1 is 0.323 bits per heavy atom. The van der Waals surface area contributed by atoms with Gasteiger partial charge in [-0.15, -0.1) is 0 Å². The SMILES string of the molecule is c1ccc(-c2nc(-c3ccc(-c4c(-c5ccccc5)n5ncc(-c6ccccc6)c5c5ccccc45)cc3)nc(-c3ccc(-n4c5ccccc5c5ccccc54)cc3)n2)cc1. The molecule has 62 heavy (non-hydrogen) atoms. The molecule has 0 aliphatic carbocycles. The zero-order valence-electron chi connectivity index (χ0n) is 33.5. The van der Waals surface area contributed by atoms with E-state index in [1.54, 1.807) is 0 Å². The molecule has 0 bridgehead atoms. The standard InChI is InChI=1S/C56H36N6/c1-4-16-37(17-5-1)48-36-57-62-52(39-18-6-2-7-19-39)51(46-24-10-11-25-47(46)53(48)62)38-28-30-41(31-29-38)55-58-54(40-20-8-3-9-21-40)59-56(60-55)42-32-34-43(35-33-42)61-49-26-14-12-22-44(49)45-23-13-15-27-50(45)61/h1-36H. The van der Waals surface area contributed by atoms with Gasteiger partial charge in [0.15, 0.2) is 17.5 Å². The number of para-hydroxylation sites is 2. The molecule has 0 fully saturated rings. The minimum atomic E-state index is 0.607. The predicted molar refractivity (Wildman–Crippen MR) is 253 cm³/mol. The van der Waals surface area contributed by atoms with Crippen molar-refractivity contribution in [3.63, 3.8) is 0 Å². The summed E-state index contributed by atoms with van der Waals surface area (Å²) in [6, 6.07) is 74.2. The van der Waals surface area contributed by atoms with Gasteiger partial charge in [-0.1, -0.05) is 176 Å². The Bertz CT molecular complexity index is 3540. The number of benzene rings is 8. The lowest BCUT2D eigenvalue weighted by Crippen LogP contribution is -2.01. The van der Waals surface area contributed by atoms with Crippen molar-refractivity contribution in [2.24, 2.45) is 0 Å².